The lowest BCUT2D eigenvalue weighted by Crippen LogP contribution is -2.41. The van der Waals surface area contributed by atoms with Gasteiger partial charge in [0.25, 0.3) is 0 Å². The van der Waals surface area contributed by atoms with Crippen molar-refractivity contribution in [2.45, 2.75) is 42.8 Å². The molecule has 0 saturated heterocycles. The Hall–Kier alpha value is -2.50. The molecule has 3 heterocycles. The molecule has 6 nitrogen and oxygen atoms in total. The van der Waals surface area contributed by atoms with Crippen LogP contribution in [0.1, 0.15) is 31.4 Å². The summed E-state index contributed by atoms with van der Waals surface area (Å²) in [6.07, 6.45) is 0.549. The van der Waals surface area contributed by atoms with Crippen LogP contribution in [0.3, 0.4) is 0 Å². The Balaban J connectivity index is 1.63. The van der Waals surface area contributed by atoms with Crippen LogP contribution < -0.4 is 4.74 Å². The fourth-order valence-electron chi connectivity index (χ4n) is 2.76. The van der Waals surface area contributed by atoms with E-state index in [1.165, 1.54) is 18.0 Å². The van der Waals surface area contributed by atoms with E-state index >= 15 is 0 Å². The SMILES string of the molecule is CCSc1nn2ccc(C3CC3)nc2c1-c1cnc(OCC(F)(F)C(F)(F)F)cn1. The first-order valence-corrected chi connectivity index (χ1v) is 10.1. The van der Waals surface area contributed by atoms with Crippen molar-refractivity contribution in [1.29, 1.82) is 0 Å². The second kappa shape index (κ2) is 7.64. The van der Waals surface area contributed by atoms with Crippen LogP contribution >= 0.6 is 11.8 Å². The lowest BCUT2D eigenvalue weighted by Gasteiger charge is -2.19. The summed E-state index contributed by atoms with van der Waals surface area (Å²) in [5.74, 6) is -4.25. The Morgan fingerprint density at radius 1 is 1.17 bits per heavy atom. The monoisotopic (exact) mass is 445 g/mol. The number of aromatic nitrogens is 5. The van der Waals surface area contributed by atoms with E-state index in [0.717, 1.165) is 30.5 Å². The first-order valence-electron chi connectivity index (χ1n) is 9.11. The minimum absolute atomic E-state index is 0.372. The molecular weight excluding hydrogens is 429 g/mol. The standard InChI is InChI=1S/C18H16F5N5OS/c1-2-30-16-14(15-26-11(10-3-4-10)5-6-28(15)27-16)12-7-25-13(8-24-12)29-9-17(19,20)18(21,22)23/h5-8,10H,2-4,9H2,1H3. The summed E-state index contributed by atoms with van der Waals surface area (Å²) >= 11 is 1.48. The number of halogens is 5. The third kappa shape index (κ3) is 4.05. The number of ether oxygens (including phenoxy) is 1. The minimum atomic E-state index is -5.70. The van der Waals surface area contributed by atoms with Crippen molar-refractivity contribution in [1.82, 2.24) is 24.6 Å². The molecule has 0 spiro atoms. The number of thioether (sulfide) groups is 1. The first-order chi connectivity index (χ1) is 14.2. The molecule has 0 amide bonds. The molecule has 30 heavy (non-hydrogen) atoms. The topological polar surface area (TPSA) is 65.2 Å². The molecule has 1 saturated carbocycles. The van der Waals surface area contributed by atoms with E-state index in [2.05, 4.69) is 19.8 Å². The van der Waals surface area contributed by atoms with Crippen LogP contribution in [-0.2, 0) is 0 Å². The molecule has 4 rings (SSSR count). The second-order valence-corrected chi connectivity index (χ2v) is 7.99. The molecule has 0 atom stereocenters. The quantitative estimate of drug-likeness (QED) is 0.386. The number of fused-ring (bicyclic) bond motifs is 1. The van der Waals surface area contributed by atoms with Gasteiger partial charge in [-0.25, -0.2) is 19.5 Å². The highest BCUT2D eigenvalue weighted by Crippen LogP contribution is 2.40. The largest absolute Gasteiger partial charge is 0.470 e. The van der Waals surface area contributed by atoms with Gasteiger partial charge in [0.05, 0.1) is 23.7 Å². The van der Waals surface area contributed by atoms with E-state index in [1.54, 1.807) is 4.52 Å². The molecular formula is C18H16F5N5OS. The van der Waals surface area contributed by atoms with Crippen LogP contribution in [-0.4, -0.2) is 49.0 Å². The average molecular weight is 445 g/mol. The van der Waals surface area contributed by atoms with Crippen LogP contribution in [0, 0.1) is 0 Å². The van der Waals surface area contributed by atoms with Crippen molar-refractivity contribution in [2.75, 3.05) is 12.4 Å². The Bertz CT molecular complexity index is 1050. The summed E-state index contributed by atoms with van der Waals surface area (Å²) in [4.78, 5) is 12.7. The van der Waals surface area contributed by atoms with E-state index < -0.39 is 24.6 Å². The summed E-state index contributed by atoms with van der Waals surface area (Å²) in [7, 11) is 0. The molecule has 3 aromatic heterocycles. The molecule has 1 fully saturated rings. The molecule has 12 heteroatoms. The lowest BCUT2D eigenvalue weighted by molar-refractivity contribution is -0.290. The normalized spacial score (nSPS) is 15.0. The van der Waals surface area contributed by atoms with Gasteiger partial charge in [-0.15, -0.1) is 11.8 Å². The zero-order valence-electron chi connectivity index (χ0n) is 15.7. The van der Waals surface area contributed by atoms with E-state index in [0.29, 0.717) is 27.8 Å². The van der Waals surface area contributed by atoms with E-state index in [4.69, 9.17) is 4.98 Å². The predicted molar refractivity (Wildman–Crippen MR) is 98.9 cm³/mol. The highest BCUT2D eigenvalue weighted by Gasteiger charge is 2.58. The third-order valence-electron chi connectivity index (χ3n) is 4.45. The van der Waals surface area contributed by atoms with Crippen LogP contribution in [0.4, 0.5) is 22.0 Å². The fraction of sp³-hybridized carbons (Fsp3) is 0.444. The molecule has 160 valence electrons. The maximum absolute atomic E-state index is 13.0. The van der Waals surface area contributed by atoms with Crippen molar-refractivity contribution in [3.63, 3.8) is 0 Å². The molecule has 0 aliphatic heterocycles. The number of hydrogen-bond donors (Lipinski definition) is 0. The fourth-order valence-corrected chi connectivity index (χ4v) is 3.52. The molecule has 1 aliphatic rings. The molecule has 0 bridgehead atoms. The smallest absolute Gasteiger partial charge is 0.456 e. The molecule has 1 aliphatic carbocycles. The van der Waals surface area contributed by atoms with Gasteiger partial charge < -0.3 is 4.74 Å². The summed E-state index contributed by atoms with van der Waals surface area (Å²) in [6.45, 7) is 0.0927. The van der Waals surface area contributed by atoms with E-state index in [-0.39, 0.29) is 0 Å². The van der Waals surface area contributed by atoms with Gasteiger partial charge in [0.1, 0.15) is 5.03 Å². The van der Waals surface area contributed by atoms with Gasteiger partial charge in [-0.2, -0.15) is 27.1 Å². The Morgan fingerprint density at radius 3 is 2.53 bits per heavy atom. The van der Waals surface area contributed by atoms with Crippen LogP contribution in [0.5, 0.6) is 5.88 Å². The maximum atomic E-state index is 13.0. The summed E-state index contributed by atoms with van der Waals surface area (Å²) in [6, 6.07) is 1.92. The number of hydrogen-bond acceptors (Lipinski definition) is 6. The van der Waals surface area contributed by atoms with E-state index in [9.17, 15) is 22.0 Å². The van der Waals surface area contributed by atoms with Gasteiger partial charge in [0.15, 0.2) is 12.3 Å². The maximum Gasteiger partial charge on any atom is 0.456 e. The summed E-state index contributed by atoms with van der Waals surface area (Å²) < 4.78 is 69.0. The van der Waals surface area contributed by atoms with Gasteiger partial charge in [-0.1, -0.05) is 6.92 Å². The van der Waals surface area contributed by atoms with Crippen molar-refractivity contribution >= 4 is 17.4 Å². The van der Waals surface area contributed by atoms with Crippen molar-refractivity contribution in [3.05, 3.63) is 30.4 Å². The highest BCUT2D eigenvalue weighted by atomic mass is 32.2. The van der Waals surface area contributed by atoms with Gasteiger partial charge >= 0.3 is 12.1 Å². The molecule has 0 radical (unpaired) electrons. The first kappa shape index (κ1) is 20.8. The molecule has 0 aromatic carbocycles. The van der Waals surface area contributed by atoms with Gasteiger partial charge in [-0.05, 0) is 24.7 Å². The van der Waals surface area contributed by atoms with Gasteiger partial charge in [0, 0.05) is 17.8 Å². The lowest BCUT2D eigenvalue weighted by atomic mass is 10.2. The van der Waals surface area contributed by atoms with Crippen molar-refractivity contribution < 1.29 is 26.7 Å². The third-order valence-corrected chi connectivity index (χ3v) is 5.30. The zero-order chi connectivity index (χ0) is 21.5. The second-order valence-electron chi connectivity index (χ2n) is 6.74. The van der Waals surface area contributed by atoms with Crippen molar-refractivity contribution in [3.8, 4) is 17.1 Å². The van der Waals surface area contributed by atoms with Crippen molar-refractivity contribution in [2.24, 2.45) is 0 Å². The Morgan fingerprint density at radius 2 is 1.93 bits per heavy atom. The van der Waals surface area contributed by atoms with Gasteiger partial charge in [0.2, 0.25) is 5.88 Å². The Labute approximate surface area is 171 Å². The number of alkyl halides is 5. The van der Waals surface area contributed by atoms with Crippen LogP contribution in [0.15, 0.2) is 29.7 Å². The summed E-state index contributed by atoms with van der Waals surface area (Å²) in [5.41, 5.74) is 2.54. The number of nitrogens with zero attached hydrogens (tertiary/aromatic N) is 5. The Kier molecular flexibility index (Phi) is 5.28. The molecule has 3 aromatic rings. The molecule has 0 unspecified atom stereocenters. The van der Waals surface area contributed by atoms with E-state index in [1.807, 2.05) is 19.2 Å². The van der Waals surface area contributed by atoms with Crippen LogP contribution in [0.25, 0.3) is 16.9 Å². The summed E-state index contributed by atoms with van der Waals surface area (Å²) in [5, 5.41) is 5.18. The average Bonchev–Trinajstić information content (AvgIpc) is 3.48. The highest BCUT2D eigenvalue weighted by molar-refractivity contribution is 7.99. The molecule has 0 N–H and O–H groups in total. The van der Waals surface area contributed by atoms with Gasteiger partial charge in [-0.3, -0.25) is 0 Å². The number of rotatable bonds is 7. The zero-order valence-corrected chi connectivity index (χ0v) is 16.5. The van der Waals surface area contributed by atoms with Crippen LogP contribution in [0.2, 0.25) is 0 Å². The minimum Gasteiger partial charge on any atom is -0.470 e. The predicted octanol–water partition coefficient (Wildman–Crippen LogP) is 4.75.